The molecule has 1 saturated heterocycles. The fourth-order valence-corrected chi connectivity index (χ4v) is 3.43. The molecule has 0 saturated carbocycles. The Bertz CT molecular complexity index is 724. The number of rotatable bonds is 5. The molecule has 2 heterocycles. The zero-order valence-electron chi connectivity index (χ0n) is 14.8. The molecule has 2 aromatic rings. The molecule has 25 heavy (non-hydrogen) atoms. The minimum Gasteiger partial charge on any atom is -0.381 e. The van der Waals surface area contributed by atoms with Gasteiger partial charge in [-0.2, -0.15) is 5.10 Å². The van der Waals surface area contributed by atoms with Crippen molar-refractivity contribution in [3.63, 3.8) is 0 Å². The van der Waals surface area contributed by atoms with Gasteiger partial charge in [-0.15, -0.1) is 0 Å². The van der Waals surface area contributed by atoms with E-state index in [0.29, 0.717) is 5.92 Å². The highest BCUT2D eigenvalue weighted by molar-refractivity contribution is 5.91. The van der Waals surface area contributed by atoms with Gasteiger partial charge in [-0.25, -0.2) is 0 Å². The van der Waals surface area contributed by atoms with Crippen LogP contribution in [0.25, 0.3) is 6.08 Å². The van der Waals surface area contributed by atoms with E-state index in [1.807, 2.05) is 30.3 Å². The molecule has 5 heteroatoms. The first kappa shape index (κ1) is 17.4. The predicted octanol–water partition coefficient (Wildman–Crippen LogP) is 2.54. The van der Waals surface area contributed by atoms with Crippen molar-refractivity contribution in [3.05, 3.63) is 59.9 Å². The molecule has 1 aromatic carbocycles. The molecule has 2 atom stereocenters. The van der Waals surface area contributed by atoms with Gasteiger partial charge in [-0.3, -0.25) is 9.48 Å². The Morgan fingerprint density at radius 2 is 2.16 bits per heavy atom. The molecule has 1 fully saturated rings. The van der Waals surface area contributed by atoms with Crippen LogP contribution in [0.4, 0.5) is 0 Å². The molecule has 0 bridgehead atoms. The summed E-state index contributed by atoms with van der Waals surface area (Å²) in [6.07, 6.45) is 9.11. The van der Waals surface area contributed by atoms with Crippen LogP contribution >= 0.6 is 0 Å². The Morgan fingerprint density at radius 1 is 1.36 bits per heavy atom. The number of aryl methyl sites for hydroxylation is 1. The van der Waals surface area contributed by atoms with Crippen LogP contribution in [0.5, 0.6) is 0 Å². The van der Waals surface area contributed by atoms with E-state index in [1.165, 1.54) is 5.56 Å². The second-order valence-electron chi connectivity index (χ2n) is 6.58. The summed E-state index contributed by atoms with van der Waals surface area (Å²) in [5.74, 6) is 0.369. The molecule has 0 radical (unpaired) electrons. The number of methoxy groups -OCH3 is 1. The second kappa shape index (κ2) is 8.12. The summed E-state index contributed by atoms with van der Waals surface area (Å²) >= 11 is 0. The molecule has 0 spiro atoms. The topological polar surface area (TPSA) is 47.4 Å². The van der Waals surface area contributed by atoms with Crippen molar-refractivity contribution in [3.8, 4) is 0 Å². The van der Waals surface area contributed by atoms with Crippen molar-refractivity contribution in [2.45, 2.75) is 18.9 Å². The molecule has 1 aliphatic heterocycles. The lowest BCUT2D eigenvalue weighted by atomic mass is 9.88. The van der Waals surface area contributed by atoms with Crippen LogP contribution in [0.1, 0.15) is 17.5 Å². The smallest absolute Gasteiger partial charge is 0.246 e. The lowest BCUT2D eigenvalue weighted by Gasteiger charge is -2.37. The number of hydrogen-bond acceptors (Lipinski definition) is 3. The molecule has 0 aliphatic carbocycles. The van der Waals surface area contributed by atoms with Gasteiger partial charge in [-0.1, -0.05) is 30.3 Å². The summed E-state index contributed by atoms with van der Waals surface area (Å²) in [7, 11) is 3.63. The average Bonchev–Trinajstić information content (AvgIpc) is 3.06. The number of amides is 1. The van der Waals surface area contributed by atoms with Gasteiger partial charge in [-0.05, 0) is 24.5 Å². The highest BCUT2D eigenvalue weighted by Crippen LogP contribution is 2.24. The molecule has 3 rings (SSSR count). The summed E-state index contributed by atoms with van der Waals surface area (Å²) in [4.78, 5) is 14.5. The van der Waals surface area contributed by atoms with E-state index in [1.54, 1.807) is 24.1 Å². The number of likely N-dealkylation sites (tertiary alicyclic amines) is 1. The SMILES string of the molecule is CO[C@@H]1CCN(C(=O)/C=C/c2cnn(C)c2)C[C@H]1Cc1ccccc1. The highest BCUT2D eigenvalue weighted by atomic mass is 16.5. The van der Waals surface area contributed by atoms with Crippen molar-refractivity contribution in [2.75, 3.05) is 20.2 Å². The Hall–Kier alpha value is -2.40. The fourth-order valence-electron chi connectivity index (χ4n) is 3.43. The number of piperidine rings is 1. The number of carbonyl (C=O) groups excluding carboxylic acids is 1. The van der Waals surface area contributed by atoms with Crippen molar-refractivity contribution < 1.29 is 9.53 Å². The van der Waals surface area contributed by atoms with Gasteiger partial charge >= 0.3 is 0 Å². The standard InChI is InChI=1S/C20H25N3O2/c1-22-14-17(13-21-22)8-9-20(24)23-11-10-19(25-2)18(15-23)12-16-6-4-3-5-7-16/h3-9,13-14,18-19H,10-12,15H2,1-2H3/b9-8+/t18-,19-/m1/s1. The minimum absolute atomic E-state index is 0.0523. The van der Waals surface area contributed by atoms with Crippen molar-refractivity contribution >= 4 is 12.0 Å². The summed E-state index contributed by atoms with van der Waals surface area (Å²) in [6.45, 7) is 1.46. The highest BCUT2D eigenvalue weighted by Gasteiger charge is 2.30. The van der Waals surface area contributed by atoms with Gasteiger partial charge < -0.3 is 9.64 Å². The summed E-state index contributed by atoms with van der Waals surface area (Å²) < 4.78 is 7.40. The van der Waals surface area contributed by atoms with Gasteiger partial charge in [0.1, 0.15) is 0 Å². The van der Waals surface area contributed by atoms with E-state index >= 15 is 0 Å². The number of ether oxygens (including phenoxy) is 1. The van der Waals surface area contributed by atoms with Crippen molar-refractivity contribution in [2.24, 2.45) is 13.0 Å². The fraction of sp³-hybridized carbons (Fsp3) is 0.400. The average molecular weight is 339 g/mol. The van der Waals surface area contributed by atoms with Crippen LogP contribution in [0.2, 0.25) is 0 Å². The molecule has 0 N–H and O–H groups in total. The zero-order valence-corrected chi connectivity index (χ0v) is 14.8. The molecule has 1 amide bonds. The number of nitrogens with zero attached hydrogens (tertiary/aromatic N) is 3. The van der Waals surface area contributed by atoms with E-state index in [2.05, 4.69) is 29.4 Å². The number of aromatic nitrogens is 2. The molecule has 132 valence electrons. The molecular weight excluding hydrogens is 314 g/mol. The van der Waals surface area contributed by atoms with Gasteiger partial charge in [0.15, 0.2) is 0 Å². The normalized spacial score (nSPS) is 21.0. The summed E-state index contributed by atoms with van der Waals surface area (Å²) in [5.41, 5.74) is 2.22. The lowest BCUT2D eigenvalue weighted by molar-refractivity contribution is -0.130. The Kier molecular flexibility index (Phi) is 5.66. The van der Waals surface area contributed by atoms with E-state index in [-0.39, 0.29) is 12.0 Å². The first-order chi connectivity index (χ1) is 12.2. The van der Waals surface area contributed by atoms with Crippen LogP contribution in [0, 0.1) is 5.92 Å². The second-order valence-corrected chi connectivity index (χ2v) is 6.58. The third kappa shape index (κ3) is 4.57. The van der Waals surface area contributed by atoms with Crippen LogP contribution < -0.4 is 0 Å². The largest absolute Gasteiger partial charge is 0.381 e. The molecule has 5 nitrogen and oxygen atoms in total. The zero-order chi connectivity index (χ0) is 17.6. The first-order valence-electron chi connectivity index (χ1n) is 8.68. The lowest BCUT2D eigenvalue weighted by Crippen LogP contribution is -2.46. The van der Waals surface area contributed by atoms with Crippen LogP contribution in [0.3, 0.4) is 0 Å². The predicted molar refractivity (Wildman–Crippen MR) is 97.9 cm³/mol. The maximum Gasteiger partial charge on any atom is 0.246 e. The van der Waals surface area contributed by atoms with Crippen molar-refractivity contribution in [1.29, 1.82) is 0 Å². The quantitative estimate of drug-likeness (QED) is 0.787. The third-order valence-electron chi connectivity index (χ3n) is 4.76. The van der Waals surface area contributed by atoms with Crippen LogP contribution in [-0.2, 0) is 23.0 Å². The van der Waals surface area contributed by atoms with E-state index in [0.717, 1.165) is 31.5 Å². The van der Waals surface area contributed by atoms with E-state index < -0.39 is 0 Å². The Morgan fingerprint density at radius 3 is 2.84 bits per heavy atom. The summed E-state index contributed by atoms with van der Waals surface area (Å²) in [5, 5.41) is 4.11. The molecule has 1 aromatic heterocycles. The van der Waals surface area contributed by atoms with Gasteiger partial charge in [0.25, 0.3) is 0 Å². The van der Waals surface area contributed by atoms with Crippen LogP contribution in [0.15, 0.2) is 48.8 Å². The van der Waals surface area contributed by atoms with E-state index in [4.69, 9.17) is 4.74 Å². The Labute approximate surface area is 148 Å². The van der Waals surface area contributed by atoms with E-state index in [9.17, 15) is 4.79 Å². The van der Waals surface area contributed by atoms with Gasteiger partial charge in [0.05, 0.1) is 12.3 Å². The Balaban J connectivity index is 1.64. The maximum absolute atomic E-state index is 12.5. The first-order valence-corrected chi connectivity index (χ1v) is 8.68. The summed E-state index contributed by atoms with van der Waals surface area (Å²) in [6, 6.07) is 10.4. The molecule has 0 unspecified atom stereocenters. The van der Waals surface area contributed by atoms with Crippen LogP contribution in [-0.4, -0.2) is 46.9 Å². The number of benzene rings is 1. The molecule has 1 aliphatic rings. The maximum atomic E-state index is 12.5. The number of hydrogen-bond donors (Lipinski definition) is 0. The minimum atomic E-state index is 0.0523. The number of carbonyl (C=O) groups is 1. The third-order valence-corrected chi connectivity index (χ3v) is 4.76. The van der Waals surface area contributed by atoms with Crippen molar-refractivity contribution in [1.82, 2.24) is 14.7 Å². The van der Waals surface area contributed by atoms with Gasteiger partial charge in [0.2, 0.25) is 5.91 Å². The monoisotopic (exact) mass is 339 g/mol. The molecular formula is C20H25N3O2. The van der Waals surface area contributed by atoms with Gasteiger partial charge in [0, 0.05) is 51.0 Å².